The molecular weight excluding hydrogens is 474 g/mol. The Labute approximate surface area is 208 Å². The summed E-state index contributed by atoms with van der Waals surface area (Å²) in [4.78, 5) is 28.2. The number of nitrogens with one attached hydrogen (secondary N) is 1. The smallest absolute Gasteiger partial charge is 0.244 e. The Hall–Kier alpha value is -2.58. The van der Waals surface area contributed by atoms with Crippen molar-refractivity contribution >= 4 is 39.1 Å². The second-order valence-electron chi connectivity index (χ2n) is 9.42. The molecule has 0 radical (unpaired) electrons. The van der Waals surface area contributed by atoms with E-state index in [-0.39, 0.29) is 18.1 Å². The van der Waals surface area contributed by atoms with Crippen LogP contribution in [-0.4, -0.2) is 49.5 Å². The molecule has 0 aliphatic carbocycles. The summed E-state index contributed by atoms with van der Waals surface area (Å²) in [6.07, 6.45) is 1.41. The van der Waals surface area contributed by atoms with Crippen LogP contribution in [0, 0.1) is 6.92 Å². The zero-order valence-electron chi connectivity index (χ0n) is 20.6. The fraction of sp³-hybridized carbons (Fsp3) is 0.440. The normalized spacial score (nSPS) is 12.7. The summed E-state index contributed by atoms with van der Waals surface area (Å²) in [7, 11) is -3.80. The number of aryl methyl sites for hydroxylation is 1. The maximum absolute atomic E-state index is 13.6. The molecule has 2 amide bonds. The van der Waals surface area contributed by atoms with Crippen molar-refractivity contribution in [1.29, 1.82) is 0 Å². The predicted octanol–water partition coefficient (Wildman–Crippen LogP) is 4.14. The van der Waals surface area contributed by atoms with E-state index in [9.17, 15) is 18.0 Å². The molecule has 2 rings (SSSR count). The maximum atomic E-state index is 13.6. The standard InChI is InChI=1S/C25H34ClN3O4S/c1-7-22(24(31)27-25(3,4)5)28(16-19-11-8-10-18(2)14-19)23(30)17-29(34(6,32)33)21-13-9-12-20(26)15-21/h8-15,22H,7,16-17H2,1-6H3,(H,27,31)/t22-/m0/s1. The van der Waals surface area contributed by atoms with E-state index >= 15 is 0 Å². The van der Waals surface area contributed by atoms with Crippen molar-refractivity contribution in [2.24, 2.45) is 0 Å². The van der Waals surface area contributed by atoms with Crippen LogP contribution in [0.5, 0.6) is 0 Å². The van der Waals surface area contributed by atoms with Gasteiger partial charge in [-0.25, -0.2) is 8.42 Å². The van der Waals surface area contributed by atoms with E-state index in [1.807, 2.05) is 58.9 Å². The summed E-state index contributed by atoms with van der Waals surface area (Å²) in [5.41, 5.74) is 1.67. The lowest BCUT2D eigenvalue weighted by Gasteiger charge is -2.34. The van der Waals surface area contributed by atoms with Gasteiger partial charge in [0.1, 0.15) is 12.6 Å². The number of halogens is 1. The number of hydrogen-bond donors (Lipinski definition) is 1. The minimum absolute atomic E-state index is 0.170. The summed E-state index contributed by atoms with van der Waals surface area (Å²) < 4.78 is 26.2. The Morgan fingerprint density at radius 2 is 1.74 bits per heavy atom. The molecule has 2 aromatic carbocycles. The van der Waals surface area contributed by atoms with Crippen molar-refractivity contribution in [2.45, 2.75) is 59.2 Å². The van der Waals surface area contributed by atoms with Crippen LogP contribution in [0.4, 0.5) is 5.69 Å². The Bertz CT molecular complexity index is 1130. The fourth-order valence-corrected chi connectivity index (χ4v) is 4.65. The third-order valence-electron chi connectivity index (χ3n) is 5.09. The lowest BCUT2D eigenvalue weighted by molar-refractivity contribution is -0.141. The van der Waals surface area contributed by atoms with E-state index in [2.05, 4.69) is 5.32 Å². The van der Waals surface area contributed by atoms with Gasteiger partial charge in [0.2, 0.25) is 21.8 Å². The lowest BCUT2D eigenvalue weighted by Crippen LogP contribution is -2.55. The lowest BCUT2D eigenvalue weighted by atomic mass is 10.0. The van der Waals surface area contributed by atoms with Crippen molar-refractivity contribution in [3.8, 4) is 0 Å². The molecule has 0 unspecified atom stereocenters. The first-order valence-electron chi connectivity index (χ1n) is 11.1. The molecule has 0 saturated heterocycles. The number of anilines is 1. The van der Waals surface area contributed by atoms with E-state index < -0.39 is 34.1 Å². The van der Waals surface area contributed by atoms with Crippen molar-refractivity contribution in [2.75, 3.05) is 17.1 Å². The largest absolute Gasteiger partial charge is 0.350 e. The molecule has 0 spiro atoms. The molecule has 0 bridgehead atoms. The molecule has 0 fully saturated rings. The zero-order chi connectivity index (χ0) is 25.7. The van der Waals surface area contributed by atoms with Gasteiger partial charge in [-0.1, -0.05) is 54.4 Å². The molecule has 1 atom stereocenters. The van der Waals surface area contributed by atoms with Gasteiger partial charge in [-0.05, 0) is 57.9 Å². The van der Waals surface area contributed by atoms with E-state index in [4.69, 9.17) is 11.6 Å². The Morgan fingerprint density at radius 3 is 2.26 bits per heavy atom. The number of carbonyl (C=O) groups is 2. The van der Waals surface area contributed by atoms with Gasteiger partial charge in [0.05, 0.1) is 11.9 Å². The Kier molecular flexibility index (Phi) is 9.14. The van der Waals surface area contributed by atoms with Crippen LogP contribution in [0.3, 0.4) is 0 Å². The summed E-state index contributed by atoms with van der Waals surface area (Å²) in [5.74, 6) is -0.771. The summed E-state index contributed by atoms with van der Waals surface area (Å²) in [6, 6.07) is 13.2. The van der Waals surface area contributed by atoms with Gasteiger partial charge in [-0.3, -0.25) is 13.9 Å². The molecule has 0 aliphatic rings. The Morgan fingerprint density at radius 1 is 1.09 bits per heavy atom. The molecule has 0 saturated carbocycles. The number of carbonyl (C=O) groups excluding carboxylic acids is 2. The maximum Gasteiger partial charge on any atom is 0.244 e. The second-order valence-corrected chi connectivity index (χ2v) is 11.8. The van der Waals surface area contributed by atoms with Gasteiger partial charge in [0, 0.05) is 17.1 Å². The molecule has 1 N–H and O–H groups in total. The van der Waals surface area contributed by atoms with Crippen molar-refractivity contribution in [1.82, 2.24) is 10.2 Å². The van der Waals surface area contributed by atoms with E-state index in [1.54, 1.807) is 18.2 Å². The highest BCUT2D eigenvalue weighted by molar-refractivity contribution is 7.92. The first-order chi connectivity index (χ1) is 15.7. The van der Waals surface area contributed by atoms with Gasteiger partial charge in [-0.2, -0.15) is 0 Å². The molecular formula is C25H34ClN3O4S. The first-order valence-corrected chi connectivity index (χ1v) is 13.3. The van der Waals surface area contributed by atoms with Crippen molar-refractivity contribution in [3.63, 3.8) is 0 Å². The third kappa shape index (κ3) is 8.02. The van der Waals surface area contributed by atoms with E-state index in [0.29, 0.717) is 11.4 Å². The van der Waals surface area contributed by atoms with Gasteiger partial charge in [0.25, 0.3) is 0 Å². The highest BCUT2D eigenvalue weighted by Crippen LogP contribution is 2.23. The van der Waals surface area contributed by atoms with Crippen LogP contribution >= 0.6 is 11.6 Å². The van der Waals surface area contributed by atoms with Crippen LogP contribution in [0.25, 0.3) is 0 Å². The SMILES string of the molecule is CC[C@@H](C(=O)NC(C)(C)C)N(Cc1cccc(C)c1)C(=O)CN(c1cccc(Cl)c1)S(C)(=O)=O. The van der Waals surface area contributed by atoms with Crippen LogP contribution in [0.15, 0.2) is 48.5 Å². The highest BCUT2D eigenvalue weighted by Gasteiger charge is 2.33. The van der Waals surface area contributed by atoms with Gasteiger partial charge >= 0.3 is 0 Å². The molecule has 186 valence electrons. The van der Waals surface area contributed by atoms with E-state index in [0.717, 1.165) is 21.7 Å². The van der Waals surface area contributed by atoms with Crippen molar-refractivity contribution < 1.29 is 18.0 Å². The quantitative estimate of drug-likeness (QED) is 0.552. The molecule has 7 nitrogen and oxygen atoms in total. The molecule has 0 aromatic heterocycles. The average molecular weight is 508 g/mol. The van der Waals surface area contributed by atoms with Crippen LogP contribution in [-0.2, 0) is 26.2 Å². The molecule has 34 heavy (non-hydrogen) atoms. The number of sulfonamides is 1. The van der Waals surface area contributed by atoms with Gasteiger partial charge < -0.3 is 10.2 Å². The van der Waals surface area contributed by atoms with Crippen LogP contribution in [0.1, 0.15) is 45.2 Å². The first kappa shape index (κ1) is 27.7. The summed E-state index contributed by atoms with van der Waals surface area (Å²) in [5, 5.41) is 3.30. The number of amides is 2. The van der Waals surface area contributed by atoms with Gasteiger partial charge in [0.15, 0.2) is 0 Å². The number of nitrogens with zero attached hydrogens (tertiary/aromatic N) is 2. The second kappa shape index (κ2) is 11.2. The topological polar surface area (TPSA) is 86.8 Å². The summed E-state index contributed by atoms with van der Waals surface area (Å²) in [6.45, 7) is 9.10. The molecule has 2 aromatic rings. The molecule has 9 heteroatoms. The predicted molar refractivity (Wildman–Crippen MR) is 137 cm³/mol. The van der Waals surface area contributed by atoms with E-state index in [1.165, 1.54) is 11.0 Å². The minimum atomic E-state index is -3.80. The zero-order valence-corrected chi connectivity index (χ0v) is 22.2. The number of hydrogen-bond acceptors (Lipinski definition) is 4. The van der Waals surface area contributed by atoms with Crippen LogP contribution in [0.2, 0.25) is 5.02 Å². The number of benzene rings is 2. The fourth-order valence-electron chi connectivity index (χ4n) is 3.62. The minimum Gasteiger partial charge on any atom is -0.350 e. The van der Waals surface area contributed by atoms with Crippen molar-refractivity contribution in [3.05, 3.63) is 64.7 Å². The average Bonchev–Trinajstić information content (AvgIpc) is 2.69. The monoisotopic (exact) mass is 507 g/mol. The van der Waals surface area contributed by atoms with Gasteiger partial charge in [-0.15, -0.1) is 0 Å². The highest BCUT2D eigenvalue weighted by atomic mass is 35.5. The molecule has 0 heterocycles. The number of rotatable bonds is 9. The Balaban J connectivity index is 2.46. The third-order valence-corrected chi connectivity index (χ3v) is 6.47. The molecule has 0 aliphatic heterocycles. The van der Waals surface area contributed by atoms with Crippen LogP contribution < -0.4 is 9.62 Å². The summed E-state index contributed by atoms with van der Waals surface area (Å²) >= 11 is 6.07.